The summed E-state index contributed by atoms with van der Waals surface area (Å²) in [5.41, 5.74) is 10.7. The van der Waals surface area contributed by atoms with Crippen molar-refractivity contribution < 1.29 is 4.57 Å². The molecular formula is C28H25N4+. The molecule has 6 rings (SSSR count). The summed E-state index contributed by atoms with van der Waals surface area (Å²) in [6, 6.07) is 28.5. The third-order valence-corrected chi connectivity index (χ3v) is 7.12. The Morgan fingerprint density at radius 2 is 1.53 bits per heavy atom. The molecule has 0 aliphatic heterocycles. The Balaban J connectivity index is 1.69. The standard InChI is InChI=1S/C28H25N4/c1-19-20(2)32(18-31(19)3)22-10-8-9-21(17-22)28(27-15-16-29-30-27)25-13-6-4-11-23(25)24-12-5-7-14-26(24)28/h4-18H,1-3H3,(H,29,30)/q+1. The van der Waals surface area contributed by atoms with Crippen LogP contribution in [-0.4, -0.2) is 14.8 Å². The van der Waals surface area contributed by atoms with E-state index in [1.54, 1.807) is 0 Å². The van der Waals surface area contributed by atoms with Crippen molar-refractivity contribution in [2.45, 2.75) is 19.3 Å². The van der Waals surface area contributed by atoms with Crippen LogP contribution in [0, 0.1) is 13.8 Å². The van der Waals surface area contributed by atoms with Crippen LogP contribution in [0.4, 0.5) is 0 Å². The smallest absolute Gasteiger partial charge is 0.249 e. The van der Waals surface area contributed by atoms with Crippen LogP contribution in [0.15, 0.2) is 91.4 Å². The van der Waals surface area contributed by atoms with Crippen molar-refractivity contribution in [2.75, 3.05) is 0 Å². The van der Waals surface area contributed by atoms with Crippen molar-refractivity contribution in [3.63, 3.8) is 0 Å². The number of rotatable bonds is 3. The van der Waals surface area contributed by atoms with Gasteiger partial charge in [-0.3, -0.25) is 5.10 Å². The van der Waals surface area contributed by atoms with E-state index in [-0.39, 0.29) is 0 Å². The third kappa shape index (κ3) is 2.38. The molecule has 1 aliphatic rings. The fraction of sp³-hybridized carbons (Fsp3) is 0.143. The number of aromatic nitrogens is 4. The molecule has 0 fully saturated rings. The van der Waals surface area contributed by atoms with Crippen molar-refractivity contribution in [1.82, 2.24) is 14.8 Å². The molecule has 2 heterocycles. The van der Waals surface area contributed by atoms with Gasteiger partial charge in [0, 0.05) is 20.0 Å². The number of benzene rings is 3. The lowest BCUT2D eigenvalue weighted by atomic mass is 9.70. The summed E-state index contributed by atoms with van der Waals surface area (Å²) in [7, 11) is 2.10. The number of aryl methyl sites for hydroxylation is 1. The molecule has 32 heavy (non-hydrogen) atoms. The molecule has 156 valence electrons. The summed E-state index contributed by atoms with van der Waals surface area (Å²) >= 11 is 0. The van der Waals surface area contributed by atoms with Crippen LogP contribution >= 0.6 is 0 Å². The van der Waals surface area contributed by atoms with E-state index in [0.29, 0.717) is 0 Å². The fourth-order valence-corrected chi connectivity index (χ4v) is 5.38. The van der Waals surface area contributed by atoms with Gasteiger partial charge in [0.25, 0.3) is 0 Å². The maximum absolute atomic E-state index is 4.36. The molecule has 0 spiro atoms. The molecule has 4 heteroatoms. The molecule has 0 atom stereocenters. The van der Waals surface area contributed by atoms with Crippen LogP contribution in [0.3, 0.4) is 0 Å². The number of nitrogens with one attached hydrogen (secondary N) is 1. The lowest BCUT2D eigenvalue weighted by molar-refractivity contribution is -0.676. The zero-order chi connectivity index (χ0) is 21.9. The highest BCUT2D eigenvalue weighted by molar-refractivity contribution is 5.85. The number of hydrogen-bond acceptors (Lipinski definition) is 1. The molecule has 0 radical (unpaired) electrons. The second-order valence-electron chi connectivity index (χ2n) is 8.63. The highest BCUT2D eigenvalue weighted by atomic mass is 15.1. The van der Waals surface area contributed by atoms with E-state index in [0.717, 1.165) is 11.4 Å². The molecule has 0 unspecified atom stereocenters. The minimum Gasteiger partial charge on any atom is -0.281 e. The second kappa shape index (κ2) is 6.79. The summed E-state index contributed by atoms with van der Waals surface area (Å²) in [4.78, 5) is 0. The summed E-state index contributed by atoms with van der Waals surface area (Å²) in [6.45, 7) is 4.33. The molecule has 0 saturated carbocycles. The molecule has 0 saturated heterocycles. The normalized spacial score (nSPS) is 13.7. The van der Waals surface area contributed by atoms with E-state index < -0.39 is 5.41 Å². The van der Waals surface area contributed by atoms with Gasteiger partial charge in [-0.2, -0.15) is 9.67 Å². The van der Waals surface area contributed by atoms with Crippen molar-refractivity contribution >= 4 is 0 Å². The van der Waals surface area contributed by atoms with Gasteiger partial charge in [-0.1, -0.05) is 60.7 Å². The van der Waals surface area contributed by atoms with Gasteiger partial charge in [0.2, 0.25) is 6.33 Å². The first-order chi connectivity index (χ1) is 15.6. The number of imidazole rings is 1. The Labute approximate surface area is 187 Å². The zero-order valence-electron chi connectivity index (χ0n) is 18.5. The maximum Gasteiger partial charge on any atom is 0.249 e. The maximum atomic E-state index is 4.36. The molecule has 0 amide bonds. The minimum absolute atomic E-state index is 0.446. The van der Waals surface area contributed by atoms with Crippen molar-refractivity contribution in [3.8, 4) is 16.8 Å². The molecule has 1 aliphatic carbocycles. The fourth-order valence-electron chi connectivity index (χ4n) is 5.38. The lowest BCUT2D eigenvalue weighted by Crippen LogP contribution is -2.29. The minimum atomic E-state index is -0.446. The van der Waals surface area contributed by atoms with Crippen LogP contribution in [0.1, 0.15) is 33.8 Å². The highest BCUT2D eigenvalue weighted by Gasteiger charge is 2.47. The molecule has 1 N–H and O–H groups in total. The highest BCUT2D eigenvalue weighted by Crippen LogP contribution is 2.55. The molecule has 2 aromatic heterocycles. The van der Waals surface area contributed by atoms with Gasteiger partial charge in [-0.05, 0) is 46.0 Å². The van der Waals surface area contributed by atoms with Crippen LogP contribution in [0.25, 0.3) is 16.8 Å². The van der Waals surface area contributed by atoms with Gasteiger partial charge in [0.15, 0.2) is 0 Å². The SMILES string of the molecule is Cc1c(C)[n+](C)cn1-c1cccc(C2(c3ccn[nH]3)c3ccccc3-c3ccccc32)c1. The van der Waals surface area contributed by atoms with Crippen LogP contribution in [0.2, 0.25) is 0 Å². The molecule has 0 bridgehead atoms. The lowest BCUT2D eigenvalue weighted by Gasteiger charge is -2.32. The average molecular weight is 418 g/mol. The van der Waals surface area contributed by atoms with Crippen molar-refractivity contribution in [2.24, 2.45) is 7.05 Å². The van der Waals surface area contributed by atoms with Gasteiger partial charge >= 0.3 is 0 Å². The van der Waals surface area contributed by atoms with Gasteiger partial charge in [0.05, 0.1) is 18.2 Å². The predicted molar refractivity (Wildman–Crippen MR) is 126 cm³/mol. The van der Waals surface area contributed by atoms with Gasteiger partial charge in [-0.25, -0.2) is 4.57 Å². The van der Waals surface area contributed by atoms with E-state index in [4.69, 9.17) is 0 Å². The molecule has 5 aromatic rings. The Bertz CT molecular complexity index is 1410. The summed E-state index contributed by atoms with van der Waals surface area (Å²) in [5, 5.41) is 7.68. The second-order valence-corrected chi connectivity index (χ2v) is 8.63. The van der Waals surface area contributed by atoms with E-state index in [1.807, 2.05) is 6.20 Å². The molecule has 4 nitrogen and oxygen atoms in total. The first-order valence-corrected chi connectivity index (χ1v) is 11.0. The quantitative estimate of drug-likeness (QED) is 0.404. The number of fused-ring (bicyclic) bond motifs is 3. The van der Waals surface area contributed by atoms with Crippen molar-refractivity contribution in [3.05, 3.63) is 125 Å². The zero-order valence-corrected chi connectivity index (χ0v) is 18.5. The third-order valence-electron chi connectivity index (χ3n) is 7.12. The first kappa shape index (κ1) is 18.8. The summed E-state index contributed by atoms with van der Waals surface area (Å²) in [5.74, 6) is 0. The Morgan fingerprint density at radius 1 is 0.844 bits per heavy atom. The Morgan fingerprint density at radius 3 is 2.12 bits per heavy atom. The number of nitrogens with zero attached hydrogens (tertiary/aromatic N) is 3. The van der Waals surface area contributed by atoms with E-state index in [2.05, 4.69) is 125 Å². The summed E-state index contributed by atoms with van der Waals surface area (Å²) in [6.07, 6.45) is 4.01. The van der Waals surface area contributed by atoms with E-state index >= 15 is 0 Å². The van der Waals surface area contributed by atoms with Crippen LogP contribution < -0.4 is 4.57 Å². The first-order valence-electron chi connectivity index (χ1n) is 11.0. The topological polar surface area (TPSA) is 37.5 Å². The van der Waals surface area contributed by atoms with Gasteiger partial charge in [-0.15, -0.1) is 0 Å². The van der Waals surface area contributed by atoms with Crippen LogP contribution in [-0.2, 0) is 12.5 Å². The molecule has 3 aromatic carbocycles. The summed E-state index contributed by atoms with van der Waals surface area (Å²) < 4.78 is 4.44. The Hall–Kier alpha value is -3.92. The predicted octanol–water partition coefficient (Wildman–Crippen LogP) is 5.00. The largest absolute Gasteiger partial charge is 0.281 e. The van der Waals surface area contributed by atoms with Gasteiger partial charge in [0.1, 0.15) is 17.1 Å². The molecular weight excluding hydrogens is 392 g/mol. The van der Waals surface area contributed by atoms with E-state index in [9.17, 15) is 0 Å². The average Bonchev–Trinajstić information content (AvgIpc) is 3.53. The van der Waals surface area contributed by atoms with Crippen LogP contribution in [0.5, 0.6) is 0 Å². The van der Waals surface area contributed by atoms with Crippen molar-refractivity contribution in [1.29, 1.82) is 0 Å². The number of H-pyrrole nitrogens is 1. The monoisotopic (exact) mass is 417 g/mol. The van der Waals surface area contributed by atoms with Gasteiger partial charge < -0.3 is 0 Å². The number of aromatic amines is 1. The number of hydrogen-bond donors (Lipinski definition) is 1. The van der Waals surface area contributed by atoms with E-state index in [1.165, 1.54) is 39.2 Å². The Kier molecular flexibility index (Phi) is 3.99.